The molecule has 27 heavy (non-hydrogen) atoms. The molecular weight excluding hydrogens is 339 g/mol. The fraction of sp³-hybridized carbons (Fsp3) is 0.739. The molecule has 0 spiro atoms. The van der Waals surface area contributed by atoms with Crippen LogP contribution in [-0.2, 0) is 5.60 Å². The molecule has 4 heteroatoms. The van der Waals surface area contributed by atoms with Gasteiger partial charge in [0.25, 0.3) is 0 Å². The highest BCUT2D eigenvalue weighted by Gasteiger charge is 2.50. The van der Waals surface area contributed by atoms with Gasteiger partial charge in [-0.05, 0) is 63.1 Å². The van der Waals surface area contributed by atoms with Crippen LogP contribution in [0.2, 0.25) is 0 Å². The molecule has 3 fully saturated rings. The first kappa shape index (κ1) is 19.4. The zero-order chi connectivity index (χ0) is 19.1. The number of nitrogens with zero attached hydrogens (tertiary/aromatic N) is 2. The van der Waals surface area contributed by atoms with E-state index < -0.39 is 5.60 Å². The molecule has 1 unspecified atom stereocenters. The molecule has 1 N–H and O–H groups in total. The lowest BCUT2D eigenvalue weighted by Crippen LogP contribution is -2.54. The molecule has 3 heterocycles. The Morgan fingerprint density at radius 3 is 2.30 bits per heavy atom. The summed E-state index contributed by atoms with van der Waals surface area (Å²) in [6.45, 7) is 9.48. The van der Waals surface area contributed by atoms with E-state index in [9.17, 15) is 9.50 Å². The van der Waals surface area contributed by atoms with Crippen molar-refractivity contribution in [1.82, 2.24) is 9.80 Å². The van der Waals surface area contributed by atoms with Gasteiger partial charge < -0.3 is 10.0 Å². The number of hydrogen-bond acceptors (Lipinski definition) is 3. The first-order valence-corrected chi connectivity index (χ1v) is 10.8. The number of hydrogen-bond donors (Lipinski definition) is 1. The van der Waals surface area contributed by atoms with Gasteiger partial charge in [0.05, 0.1) is 5.60 Å². The Morgan fingerprint density at radius 2 is 1.67 bits per heavy atom. The first-order valence-electron chi connectivity index (χ1n) is 10.8. The monoisotopic (exact) mass is 374 g/mol. The van der Waals surface area contributed by atoms with Crippen LogP contribution in [0.4, 0.5) is 4.39 Å². The highest BCUT2D eigenvalue weighted by Crippen LogP contribution is 2.47. The van der Waals surface area contributed by atoms with E-state index in [4.69, 9.17) is 0 Å². The van der Waals surface area contributed by atoms with Gasteiger partial charge in [-0.15, -0.1) is 0 Å². The molecule has 0 amide bonds. The number of fused-ring (bicyclic) bond motifs is 2. The van der Waals surface area contributed by atoms with Crippen LogP contribution >= 0.6 is 0 Å². The lowest BCUT2D eigenvalue weighted by Gasteiger charge is -2.47. The summed E-state index contributed by atoms with van der Waals surface area (Å²) in [6.07, 6.45) is 7.61. The van der Waals surface area contributed by atoms with Crippen molar-refractivity contribution in [2.24, 2.45) is 5.41 Å². The van der Waals surface area contributed by atoms with Crippen molar-refractivity contribution < 1.29 is 9.50 Å². The molecule has 0 radical (unpaired) electrons. The molecule has 0 aliphatic carbocycles. The summed E-state index contributed by atoms with van der Waals surface area (Å²) in [7, 11) is 0. The first-order chi connectivity index (χ1) is 12.9. The molecule has 3 atom stereocenters. The average Bonchev–Trinajstić information content (AvgIpc) is 2.86. The largest absolute Gasteiger partial charge is 0.385 e. The van der Waals surface area contributed by atoms with Crippen molar-refractivity contribution in [2.75, 3.05) is 26.2 Å². The fourth-order valence-electron chi connectivity index (χ4n) is 5.90. The Kier molecular flexibility index (Phi) is 5.34. The maximum atomic E-state index is 14.3. The van der Waals surface area contributed by atoms with E-state index in [1.54, 1.807) is 12.1 Å². The van der Waals surface area contributed by atoms with Gasteiger partial charge >= 0.3 is 0 Å². The van der Waals surface area contributed by atoms with E-state index in [1.165, 1.54) is 38.4 Å². The normalized spacial score (nSPS) is 32.7. The zero-order valence-corrected chi connectivity index (χ0v) is 17.0. The Balaban J connectivity index is 1.44. The Hall–Kier alpha value is -0.970. The molecule has 3 nitrogen and oxygen atoms in total. The zero-order valence-electron chi connectivity index (χ0n) is 17.0. The second-order valence-corrected chi connectivity index (χ2v) is 9.98. The molecule has 4 rings (SSSR count). The summed E-state index contributed by atoms with van der Waals surface area (Å²) >= 11 is 0. The van der Waals surface area contributed by atoms with Gasteiger partial charge in [0, 0.05) is 30.7 Å². The van der Waals surface area contributed by atoms with Gasteiger partial charge in [-0.2, -0.15) is 0 Å². The van der Waals surface area contributed by atoms with Gasteiger partial charge in [-0.3, -0.25) is 4.90 Å². The maximum absolute atomic E-state index is 14.3. The summed E-state index contributed by atoms with van der Waals surface area (Å²) in [5, 5.41) is 11.3. The minimum atomic E-state index is -1.01. The standard InChI is InChI=1S/C23H35FN2O/c1-22(2,16-25-12-6-3-7-13-25)17-26-18-10-11-19(26)15-23(27,14-18)20-8-4-5-9-21(20)24/h4-5,8-9,18-19,27H,3,6-7,10-17H2,1-2H3/t18-,19+,23?. The summed E-state index contributed by atoms with van der Waals surface area (Å²) in [5.41, 5.74) is -0.273. The number of halogens is 1. The van der Waals surface area contributed by atoms with Crippen molar-refractivity contribution in [3.8, 4) is 0 Å². The van der Waals surface area contributed by atoms with Crippen LogP contribution in [0.5, 0.6) is 0 Å². The number of piperidine rings is 2. The quantitative estimate of drug-likeness (QED) is 0.839. The van der Waals surface area contributed by atoms with Gasteiger partial charge in [-0.1, -0.05) is 38.5 Å². The minimum Gasteiger partial charge on any atom is -0.385 e. The van der Waals surface area contributed by atoms with Crippen molar-refractivity contribution >= 4 is 0 Å². The Bertz CT molecular complexity index is 642. The van der Waals surface area contributed by atoms with Crippen molar-refractivity contribution in [3.05, 3.63) is 35.6 Å². The van der Waals surface area contributed by atoms with Crippen molar-refractivity contribution in [1.29, 1.82) is 0 Å². The summed E-state index contributed by atoms with van der Waals surface area (Å²) in [5.74, 6) is -0.265. The van der Waals surface area contributed by atoms with Crippen LogP contribution in [0.1, 0.15) is 64.4 Å². The highest BCUT2D eigenvalue weighted by molar-refractivity contribution is 5.26. The molecule has 1 aromatic carbocycles. The van der Waals surface area contributed by atoms with E-state index >= 15 is 0 Å². The Morgan fingerprint density at radius 1 is 1.04 bits per heavy atom. The van der Waals surface area contributed by atoms with Gasteiger partial charge in [-0.25, -0.2) is 4.39 Å². The van der Waals surface area contributed by atoms with Crippen molar-refractivity contribution in [3.63, 3.8) is 0 Å². The smallest absolute Gasteiger partial charge is 0.129 e. The number of benzene rings is 1. The van der Waals surface area contributed by atoms with E-state index in [1.807, 2.05) is 6.07 Å². The number of aliphatic hydroxyl groups is 1. The van der Waals surface area contributed by atoms with Crippen LogP contribution < -0.4 is 0 Å². The van der Waals surface area contributed by atoms with Crippen LogP contribution in [0.3, 0.4) is 0 Å². The van der Waals surface area contributed by atoms with Crippen LogP contribution in [0.25, 0.3) is 0 Å². The van der Waals surface area contributed by atoms with E-state index in [-0.39, 0.29) is 11.2 Å². The lowest BCUT2D eigenvalue weighted by molar-refractivity contribution is -0.0691. The third-order valence-corrected chi connectivity index (χ3v) is 7.00. The maximum Gasteiger partial charge on any atom is 0.129 e. The molecule has 150 valence electrons. The predicted octanol–water partition coefficient (Wildman–Crippen LogP) is 4.15. The van der Waals surface area contributed by atoms with Crippen LogP contribution in [0, 0.1) is 11.2 Å². The van der Waals surface area contributed by atoms with Gasteiger partial charge in [0.2, 0.25) is 0 Å². The SMILES string of the molecule is CC(C)(CN1CCCCC1)CN1[C@@H]2CC[C@H]1CC(O)(c1ccccc1F)C2. The van der Waals surface area contributed by atoms with Gasteiger partial charge in [0.1, 0.15) is 5.82 Å². The third-order valence-electron chi connectivity index (χ3n) is 7.00. The summed E-state index contributed by atoms with van der Waals surface area (Å²) in [4.78, 5) is 5.27. The topological polar surface area (TPSA) is 26.7 Å². The van der Waals surface area contributed by atoms with Crippen LogP contribution in [0.15, 0.2) is 24.3 Å². The molecule has 1 aromatic rings. The van der Waals surface area contributed by atoms with Gasteiger partial charge in [0.15, 0.2) is 0 Å². The van der Waals surface area contributed by atoms with Crippen LogP contribution in [-0.4, -0.2) is 53.2 Å². The average molecular weight is 375 g/mol. The van der Waals surface area contributed by atoms with Crippen molar-refractivity contribution in [2.45, 2.75) is 76.5 Å². The number of rotatable bonds is 5. The van der Waals surface area contributed by atoms with E-state index in [2.05, 4.69) is 23.6 Å². The molecule has 3 aliphatic rings. The summed E-state index contributed by atoms with van der Waals surface area (Å²) < 4.78 is 14.3. The van der Waals surface area contributed by atoms with E-state index in [0.717, 1.165) is 25.9 Å². The fourth-order valence-corrected chi connectivity index (χ4v) is 5.90. The second kappa shape index (κ2) is 7.46. The molecule has 0 saturated carbocycles. The lowest BCUT2D eigenvalue weighted by atomic mass is 9.79. The Labute approximate surface area is 163 Å². The van der Waals surface area contributed by atoms with E-state index in [0.29, 0.717) is 30.5 Å². The summed E-state index contributed by atoms with van der Waals surface area (Å²) in [6, 6.07) is 7.53. The minimum absolute atomic E-state index is 0.242. The highest BCUT2D eigenvalue weighted by atomic mass is 19.1. The predicted molar refractivity (Wildman–Crippen MR) is 107 cm³/mol. The molecule has 2 bridgehead atoms. The molecule has 3 saturated heterocycles. The number of likely N-dealkylation sites (tertiary alicyclic amines) is 1. The third kappa shape index (κ3) is 4.08. The second-order valence-electron chi connectivity index (χ2n) is 9.98. The molecule has 0 aromatic heterocycles. The molecular formula is C23H35FN2O. The molecule has 3 aliphatic heterocycles.